The van der Waals surface area contributed by atoms with Gasteiger partial charge in [0.05, 0.1) is 6.54 Å². The third-order valence-corrected chi connectivity index (χ3v) is 5.06. The van der Waals surface area contributed by atoms with Crippen molar-refractivity contribution in [2.75, 3.05) is 13.1 Å². The molecule has 3 rings (SSSR count). The number of carboxylic acid groups (broad SMARTS) is 1. The van der Waals surface area contributed by atoms with E-state index >= 15 is 0 Å². The summed E-state index contributed by atoms with van der Waals surface area (Å²) in [5.74, 6) is -0.793. The molecule has 0 unspecified atom stereocenters. The lowest BCUT2D eigenvalue weighted by Crippen LogP contribution is -2.55. The summed E-state index contributed by atoms with van der Waals surface area (Å²) in [5, 5.41) is 13.2. The minimum absolute atomic E-state index is 0.00851. The molecule has 1 aliphatic rings. The number of amides is 1. The van der Waals surface area contributed by atoms with Crippen LogP contribution in [0.5, 0.6) is 0 Å². The number of likely N-dealkylation sites (N-methyl/N-ethyl adjacent to an activating group) is 1. The summed E-state index contributed by atoms with van der Waals surface area (Å²) in [4.78, 5) is 25.2. The molecule has 1 fully saturated rings. The first-order chi connectivity index (χ1) is 12.0. The topological polar surface area (TPSA) is 74.6 Å². The van der Waals surface area contributed by atoms with Gasteiger partial charge >= 0.3 is 5.97 Å². The SMILES string of the molecule is CCN(CC(=O)O)C1CC(NC(=O)Cn2c(C)cc3ccccc32)C1. The Balaban J connectivity index is 1.54. The van der Waals surface area contributed by atoms with Crippen LogP contribution in [0.15, 0.2) is 30.3 Å². The Labute approximate surface area is 147 Å². The maximum atomic E-state index is 12.4. The molecule has 0 atom stereocenters. The lowest BCUT2D eigenvalue weighted by molar-refractivity contribution is -0.139. The van der Waals surface area contributed by atoms with Gasteiger partial charge in [-0.3, -0.25) is 14.5 Å². The number of aromatic nitrogens is 1. The molecule has 1 heterocycles. The van der Waals surface area contributed by atoms with E-state index in [0.29, 0.717) is 13.1 Å². The normalized spacial score (nSPS) is 19.8. The molecule has 6 heteroatoms. The molecule has 1 saturated carbocycles. The van der Waals surface area contributed by atoms with Gasteiger partial charge in [-0.15, -0.1) is 0 Å². The van der Waals surface area contributed by atoms with E-state index < -0.39 is 5.97 Å². The van der Waals surface area contributed by atoms with Gasteiger partial charge < -0.3 is 15.0 Å². The fourth-order valence-electron chi connectivity index (χ4n) is 3.65. The minimum atomic E-state index is -0.802. The predicted molar refractivity (Wildman–Crippen MR) is 96.5 cm³/mol. The fourth-order valence-corrected chi connectivity index (χ4v) is 3.65. The molecule has 134 valence electrons. The molecular formula is C19H25N3O3. The number of para-hydroxylation sites is 1. The zero-order valence-corrected chi connectivity index (χ0v) is 14.7. The quantitative estimate of drug-likeness (QED) is 0.806. The van der Waals surface area contributed by atoms with Crippen LogP contribution in [0.3, 0.4) is 0 Å². The van der Waals surface area contributed by atoms with Gasteiger partial charge in [-0.25, -0.2) is 0 Å². The highest BCUT2D eigenvalue weighted by Gasteiger charge is 2.34. The van der Waals surface area contributed by atoms with Crippen LogP contribution >= 0.6 is 0 Å². The van der Waals surface area contributed by atoms with E-state index in [-0.39, 0.29) is 24.5 Å². The van der Waals surface area contributed by atoms with Gasteiger partial charge in [0.15, 0.2) is 0 Å². The van der Waals surface area contributed by atoms with E-state index in [2.05, 4.69) is 17.4 Å². The first-order valence-corrected chi connectivity index (χ1v) is 8.78. The molecule has 1 amide bonds. The lowest BCUT2D eigenvalue weighted by Gasteiger charge is -2.42. The Morgan fingerprint density at radius 1 is 1.32 bits per heavy atom. The van der Waals surface area contributed by atoms with E-state index in [0.717, 1.165) is 29.4 Å². The van der Waals surface area contributed by atoms with Gasteiger partial charge in [0.2, 0.25) is 5.91 Å². The van der Waals surface area contributed by atoms with E-state index in [4.69, 9.17) is 5.11 Å². The van der Waals surface area contributed by atoms with Gasteiger partial charge in [0, 0.05) is 23.3 Å². The van der Waals surface area contributed by atoms with Crippen molar-refractivity contribution in [2.24, 2.45) is 0 Å². The van der Waals surface area contributed by atoms with Crippen molar-refractivity contribution >= 4 is 22.8 Å². The largest absolute Gasteiger partial charge is 0.480 e. The highest BCUT2D eigenvalue weighted by atomic mass is 16.4. The Kier molecular flexibility index (Phi) is 5.08. The number of hydrogen-bond acceptors (Lipinski definition) is 3. The van der Waals surface area contributed by atoms with E-state index in [1.165, 1.54) is 0 Å². The predicted octanol–water partition coefficient (Wildman–Crippen LogP) is 2.00. The van der Waals surface area contributed by atoms with E-state index in [1.807, 2.05) is 41.5 Å². The van der Waals surface area contributed by atoms with Crippen molar-refractivity contribution in [3.63, 3.8) is 0 Å². The summed E-state index contributed by atoms with van der Waals surface area (Å²) in [6.07, 6.45) is 1.64. The van der Waals surface area contributed by atoms with Crippen molar-refractivity contribution in [3.05, 3.63) is 36.0 Å². The second-order valence-electron chi connectivity index (χ2n) is 6.78. The summed E-state index contributed by atoms with van der Waals surface area (Å²) in [5.41, 5.74) is 2.14. The van der Waals surface area contributed by atoms with Crippen molar-refractivity contribution < 1.29 is 14.7 Å². The maximum absolute atomic E-state index is 12.4. The molecule has 0 aliphatic heterocycles. The average molecular weight is 343 g/mol. The number of hydrogen-bond donors (Lipinski definition) is 2. The number of carbonyl (C=O) groups is 2. The Morgan fingerprint density at radius 2 is 2.04 bits per heavy atom. The standard InChI is InChI=1S/C19H25N3O3/c1-3-21(12-19(24)25)16-9-15(10-16)20-18(23)11-22-13(2)8-14-6-4-5-7-17(14)22/h4-8,15-16H,3,9-12H2,1-2H3,(H,20,23)(H,24,25). The summed E-state index contributed by atoms with van der Waals surface area (Å²) >= 11 is 0. The van der Waals surface area contributed by atoms with Gasteiger partial charge in [0.25, 0.3) is 0 Å². The zero-order chi connectivity index (χ0) is 18.0. The molecule has 1 aliphatic carbocycles. The van der Waals surface area contributed by atoms with E-state index in [9.17, 15) is 9.59 Å². The second-order valence-corrected chi connectivity index (χ2v) is 6.78. The number of aliphatic carboxylic acids is 1. The number of fused-ring (bicyclic) bond motifs is 1. The Morgan fingerprint density at radius 3 is 2.72 bits per heavy atom. The van der Waals surface area contributed by atoms with Crippen LogP contribution < -0.4 is 5.32 Å². The second kappa shape index (κ2) is 7.27. The monoisotopic (exact) mass is 343 g/mol. The number of nitrogens with one attached hydrogen (secondary N) is 1. The molecule has 6 nitrogen and oxygen atoms in total. The number of carbonyl (C=O) groups excluding carboxylic acids is 1. The van der Waals surface area contributed by atoms with Gasteiger partial charge in [-0.05, 0) is 43.8 Å². The van der Waals surface area contributed by atoms with Crippen LogP contribution in [0.2, 0.25) is 0 Å². The fraction of sp³-hybridized carbons (Fsp3) is 0.474. The summed E-state index contributed by atoms with van der Waals surface area (Å²) in [6, 6.07) is 10.5. The van der Waals surface area contributed by atoms with Crippen LogP contribution in [-0.2, 0) is 16.1 Å². The molecule has 0 bridgehead atoms. The first-order valence-electron chi connectivity index (χ1n) is 8.78. The lowest BCUT2D eigenvalue weighted by atomic mass is 9.85. The van der Waals surface area contributed by atoms with Crippen molar-refractivity contribution in [3.8, 4) is 0 Å². The van der Waals surface area contributed by atoms with Crippen LogP contribution in [0.4, 0.5) is 0 Å². The molecule has 1 aromatic carbocycles. The Hall–Kier alpha value is -2.34. The highest BCUT2D eigenvalue weighted by Crippen LogP contribution is 2.26. The molecule has 0 saturated heterocycles. The highest BCUT2D eigenvalue weighted by molar-refractivity contribution is 5.84. The zero-order valence-electron chi connectivity index (χ0n) is 14.7. The molecule has 0 radical (unpaired) electrons. The molecule has 0 spiro atoms. The molecule has 1 aromatic heterocycles. The summed E-state index contributed by atoms with van der Waals surface area (Å²) in [6.45, 7) is 5.07. The van der Waals surface area contributed by atoms with Crippen LogP contribution in [-0.4, -0.2) is 51.6 Å². The molecule has 2 aromatic rings. The number of benzene rings is 1. The van der Waals surface area contributed by atoms with Crippen LogP contribution in [0, 0.1) is 6.92 Å². The number of aryl methyl sites for hydroxylation is 1. The third-order valence-electron chi connectivity index (χ3n) is 5.06. The van der Waals surface area contributed by atoms with Crippen molar-refractivity contribution in [1.82, 2.24) is 14.8 Å². The van der Waals surface area contributed by atoms with Crippen LogP contribution in [0.1, 0.15) is 25.5 Å². The van der Waals surface area contributed by atoms with Crippen molar-refractivity contribution in [1.29, 1.82) is 0 Å². The Bertz CT molecular complexity index is 777. The minimum Gasteiger partial charge on any atom is -0.480 e. The summed E-state index contributed by atoms with van der Waals surface area (Å²) < 4.78 is 2.03. The van der Waals surface area contributed by atoms with Gasteiger partial charge in [-0.1, -0.05) is 25.1 Å². The van der Waals surface area contributed by atoms with Gasteiger partial charge in [-0.2, -0.15) is 0 Å². The number of rotatable bonds is 7. The number of carboxylic acids is 1. The maximum Gasteiger partial charge on any atom is 0.317 e. The molecule has 2 N–H and O–H groups in total. The first kappa shape index (κ1) is 17.5. The van der Waals surface area contributed by atoms with Crippen LogP contribution in [0.25, 0.3) is 10.9 Å². The van der Waals surface area contributed by atoms with E-state index in [1.54, 1.807) is 0 Å². The van der Waals surface area contributed by atoms with Gasteiger partial charge in [0.1, 0.15) is 6.54 Å². The third kappa shape index (κ3) is 3.85. The molecule has 25 heavy (non-hydrogen) atoms. The number of nitrogens with zero attached hydrogens (tertiary/aromatic N) is 2. The van der Waals surface area contributed by atoms with Crippen molar-refractivity contribution in [2.45, 2.75) is 45.3 Å². The summed E-state index contributed by atoms with van der Waals surface area (Å²) in [7, 11) is 0. The molecular weight excluding hydrogens is 318 g/mol. The smallest absolute Gasteiger partial charge is 0.317 e. The average Bonchev–Trinajstić information content (AvgIpc) is 2.84.